The average molecular weight is 425 g/mol. The third-order valence-electron chi connectivity index (χ3n) is 6.93. The first kappa shape index (κ1) is 21.7. The molecule has 2 heterocycles. The van der Waals surface area contributed by atoms with Crippen LogP contribution < -0.4 is 4.90 Å². The van der Waals surface area contributed by atoms with Crippen LogP contribution in [0.1, 0.15) is 68.1 Å². The second-order valence-corrected chi connectivity index (χ2v) is 8.99. The quantitative estimate of drug-likeness (QED) is 0.686. The van der Waals surface area contributed by atoms with Crippen LogP contribution in [0.3, 0.4) is 0 Å². The number of rotatable bonds is 6. The number of nitrogens with zero attached hydrogens (tertiary/aromatic N) is 4. The van der Waals surface area contributed by atoms with E-state index in [1.165, 1.54) is 12.5 Å². The van der Waals surface area contributed by atoms with Gasteiger partial charge in [0, 0.05) is 55.7 Å². The van der Waals surface area contributed by atoms with E-state index >= 15 is 0 Å². The molecule has 0 N–H and O–H groups in total. The molecule has 4 rings (SSSR count). The number of benzene rings is 1. The van der Waals surface area contributed by atoms with Gasteiger partial charge in [0.05, 0.1) is 0 Å². The first-order chi connectivity index (χ1) is 15.0. The van der Waals surface area contributed by atoms with Gasteiger partial charge in [0.1, 0.15) is 17.5 Å². The lowest BCUT2D eigenvalue weighted by molar-refractivity contribution is -0.138. The molecular formula is C25H33FN4O. The number of piperazine rings is 1. The second-order valence-electron chi connectivity index (χ2n) is 8.99. The summed E-state index contributed by atoms with van der Waals surface area (Å²) in [5.74, 6) is 2.37. The maximum absolute atomic E-state index is 14.4. The van der Waals surface area contributed by atoms with Gasteiger partial charge >= 0.3 is 0 Å². The number of amides is 1. The Morgan fingerprint density at radius 2 is 1.87 bits per heavy atom. The summed E-state index contributed by atoms with van der Waals surface area (Å²) in [6.45, 7) is 9.22. The molecule has 31 heavy (non-hydrogen) atoms. The summed E-state index contributed by atoms with van der Waals surface area (Å²) in [6.07, 6.45) is 4.68. The van der Waals surface area contributed by atoms with E-state index in [4.69, 9.17) is 9.97 Å². The van der Waals surface area contributed by atoms with E-state index in [2.05, 4.69) is 18.7 Å². The highest BCUT2D eigenvalue weighted by atomic mass is 19.1. The van der Waals surface area contributed by atoms with E-state index in [-0.39, 0.29) is 17.7 Å². The summed E-state index contributed by atoms with van der Waals surface area (Å²) >= 11 is 0. The first-order valence-electron chi connectivity index (χ1n) is 11.6. The Labute approximate surface area is 184 Å². The van der Waals surface area contributed by atoms with Crippen molar-refractivity contribution in [1.29, 1.82) is 0 Å². The molecule has 1 aromatic heterocycles. The number of halogens is 1. The van der Waals surface area contributed by atoms with Crippen molar-refractivity contribution in [3.63, 3.8) is 0 Å². The van der Waals surface area contributed by atoms with Gasteiger partial charge in [0.25, 0.3) is 0 Å². The summed E-state index contributed by atoms with van der Waals surface area (Å²) < 4.78 is 14.4. The minimum absolute atomic E-state index is 0.199. The van der Waals surface area contributed by atoms with Crippen LogP contribution in [-0.4, -0.2) is 47.0 Å². The molecular weight excluding hydrogens is 391 g/mol. The van der Waals surface area contributed by atoms with Gasteiger partial charge in [-0.15, -0.1) is 0 Å². The van der Waals surface area contributed by atoms with Crippen molar-refractivity contribution in [2.75, 3.05) is 31.1 Å². The van der Waals surface area contributed by atoms with Crippen LogP contribution in [-0.2, 0) is 11.2 Å². The molecule has 5 nitrogen and oxygen atoms in total. The smallest absolute Gasteiger partial charge is 0.225 e. The van der Waals surface area contributed by atoms with E-state index in [0.717, 1.165) is 68.3 Å². The number of aromatic nitrogens is 2. The van der Waals surface area contributed by atoms with Gasteiger partial charge in [-0.2, -0.15) is 0 Å². The summed E-state index contributed by atoms with van der Waals surface area (Å²) in [7, 11) is 0. The van der Waals surface area contributed by atoms with Crippen molar-refractivity contribution in [1.82, 2.24) is 14.9 Å². The maximum Gasteiger partial charge on any atom is 0.225 e. The fourth-order valence-electron chi connectivity index (χ4n) is 4.36. The first-order valence-corrected chi connectivity index (χ1v) is 11.6. The topological polar surface area (TPSA) is 49.3 Å². The van der Waals surface area contributed by atoms with Crippen LogP contribution in [0.25, 0.3) is 0 Å². The zero-order valence-corrected chi connectivity index (χ0v) is 18.9. The normalized spacial score (nSPS) is 18.1. The zero-order valence-electron chi connectivity index (χ0n) is 18.9. The highest BCUT2D eigenvalue weighted by Gasteiger charge is 2.32. The van der Waals surface area contributed by atoms with Crippen LogP contribution in [0, 0.1) is 18.7 Å². The van der Waals surface area contributed by atoms with Crippen molar-refractivity contribution in [3.8, 4) is 0 Å². The summed E-state index contributed by atoms with van der Waals surface area (Å²) in [5.41, 5.74) is 2.55. The lowest BCUT2D eigenvalue weighted by Crippen LogP contribution is -2.51. The van der Waals surface area contributed by atoms with Crippen LogP contribution in [0.2, 0.25) is 0 Å². The molecule has 2 fully saturated rings. The monoisotopic (exact) mass is 424 g/mol. The predicted molar refractivity (Wildman–Crippen MR) is 121 cm³/mol. The molecule has 0 unspecified atom stereocenters. The van der Waals surface area contributed by atoms with Gasteiger partial charge in [-0.25, -0.2) is 14.4 Å². The molecule has 2 aromatic rings. The third-order valence-corrected chi connectivity index (χ3v) is 6.93. The summed E-state index contributed by atoms with van der Waals surface area (Å²) in [5, 5.41) is 0. The Morgan fingerprint density at radius 1 is 1.16 bits per heavy atom. The van der Waals surface area contributed by atoms with Crippen molar-refractivity contribution >= 4 is 11.7 Å². The molecule has 0 spiro atoms. The fraction of sp³-hybridized carbons (Fsp3) is 0.560. The number of carbonyl (C=O) groups is 1. The largest absolute Gasteiger partial charge is 0.353 e. The van der Waals surface area contributed by atoms with E-state index in [0.29, 0.717) is 17.9 Å². The standard InChI is InChI=1S/C25H33FN4O/c1-4-17(2)23-27-18(3)21(16-20-8-5-6-11-22(20)26)24(28-23)29-12-14-30(15-13-29)25(31)19-9-7-10-19/h5-6,8,11,17,19H,4,7,9-10,12-16H2,1-3H3/t17-/m0/s1. The van der Waals surface area contributed by atoms with E-state index in [1.807, 2.05) is 24.0 Å². The van der Waals surface area contributed by atoms with Crippen molar-refractivity contribution in [2.45, 2.75) is 58.8 Å². The Kier molecular flexibility index (Phi) is 6.54. The average Bonchev–Trinajstić information content (AvgIpc) is 2.74. The summed E-state index contributed by atoms with van der Waals surface area (Å²) in [4.78, 5) is 26.7. The molecule has 1 saturated carbocycles. The van der Waals surface area contributed by atoms with Gasteiger partial charge in [0.15, 0.2) is 0 Å². The highest BCUT2D eigenvalue weighted by Crippen LogP contribution is 2.31. The third kappa shape index (κ3) is 4.58. The van der Waals surface area contributed by atoms with Crippen molar-refractivity contribution in [2.24, 2.45) is 5.92 Å². The predicted octanol–water partition coefficient (Wildman–Crippen LogP) is 4.48. The molecule has 1 aromatic carbocycles. The Bertz CT molecular complexity index is 935. The van der Waals surface area contributed by atoms with Crippen LogP contribution in [0.5, 0.6) is 0 Å². The molecule has 0 radical (unpaired) electrons. The number of hydrogen-bond donors (Lipinski definition) is 0. The molecule has 1 aliphatic heterocycles. The Balaban J connectivity index is 1.60. The molecule has 0 bridgehead atoms. The van der Waals surface area contributed by atoms with Crippen LogP contribution in [0.4, 0.5) is 10.2 Å². The van der Waals surface area contributed by atoms with Gasteiger partial charge in [0.2, 0.25) is 5.91 Å². The molecule has 1 amide bonds. The molecule has 1 aliphatic carbocycles. The number of aryl methyl sites for hydroxylation is 1. The SMILES string of the molecule is CC[C@H](C)c1nc(C)c(Cc2ccccc2F)c(N2CCN(C(=O)C3CCC3)CC2)n1. The highest BCUT2D eigenvalue weighted by molar-refractivity contribution is 5.80. The van der Waals surface area contributed by atoms with Gasteiger partial charge in [-0.3, -0.25) is 4.79 Å². The molecule has 1 saturated heterocycles. The number of carbonyl (C=O) groups excluding carboxylic acids is 1. The lowest BCUT2D eigenvalue weighted by atomic mass is 9.84. The zero-order chi connectivity index (χ0) is 22.0. The minimum Gasteiger partial charge on any atom is -0.353 e. The van der Waals surface area contributed by atoms with E-state index in [9.17, 15) is 9.18 Å². The molecule has 6 heteroatoms. The summed E-state index contributed by atoms with van der Waals surface area (Å²) in [6, 6.07) is 6.92. The number of hydrogen-bond acceptors (Lipinski definition) is 4. The van der Waals surface area contributed by atoms with Gasteiger partial charge in [-0.1, -0.05) is 38.5 Å². The molecule has 166 valence electrons. The molecule has 2 aliphatic rings. The van der Waals surface area contributed by atoms with Crippen LogP contribution >= 0.6 is 0 Å². The maximum atomic E-state index is 14.4. The molecule has 1 atom stereocenters. The Morgan fingerprint density at radius 3 is 2.48 bits per heavy atom. The lowest BCUT2D eigenvalue weighted by Gasteiger charge is -2.39. The van der Waals surface area contributed by atoms with E-state index < -0.39 is 0 Å². The second kappa shape index (κ2) is 9.33. The van der Waals surface area contributed by atoms with Crippen LogP contribution in [0.15, 0.2) is 24.3 Å². The van der Waals surface area contributed by atoms with E-state index in [1.54, 1.807) is 6.07 Å². The Hall–Kier alpha value is -2.50. The van der Waals surface area contributed by atoms with Crippen molar-refractivity contribution < 1.29 is 9.18 Å². The van der Waals surface area contributed by atoms with Gasteiger partial charge in [-0.05, 0) is 37.8 Å². The van der Waals surface area contributed by atoms with Crippen molar-refractivity contribution in [3.05, 3.63) is 52.7 Å². The van der Waals surface area contributed by atoms with Gasteiger partial charge < -0.3 is 9.80 Å². The minimum atomic E-state index is -0.199. The number of anilines is 1. The fourth-order valence-corrected chi connectivity index (χ4v) is 4.36.